The van der Waals surface area contributed by atoms with Crippen LogP contribution >= 0.6 is 15.9 Å². The second kappa shape index (κ2) is 7.31. The molecule has 116 valence electrons. The fourth-order valence-electron chi connectivity index (χ4n) is 2.80. The number of hydrogen-bond acceptors (Lipinski definition) is 3. The summed E-state index contributed by atoms with van der Waals surface area (Å²) in [6.45, 7) is 5.84. The van der Waals surface area contributed by atoms with E-state index in [-0.39, 0.29) is 5.82 Å². The molecule has 1 saturated heterocycles. The van der Waals surface area contributed by atoms with Crippen molar-refractivity contribution in [3.63, 3.8) is 0 Å². The SMILES string of the molecule is Fc1cccc(CN2CCN(Cc3cncc(Br)c3)CC2)c1. The van der Waals surface area contributed by atoms with Gasteiger partial charge in [-0.1, -0.05) is 12.1 Å². The maximum Gasteiger partial charge on any atom is 0.123 e. The van der Waals surface area contributed by atoms with E-state index in [0.717, 1.165) is 49.3 Å². The Morgan fingerprint density at radius 2 is 1.64 bits per heavy atom. The van der Waals surface area contributed by atoms with Gasteiger partial charge < -0.3 is 0 Å². The molecule has 5 heteroatoms. The molecule has 0 bridgehead atoms. The molecule has 0 saturated carbocycles. The molecule has 1 fully saturated rings. The van der Waals surface area contributed by atoms with Crippen LogP contribution in [0.15, 0.2) is 47.2 Å². The first-order valence-corrected chi connectivity index (χ1v) is 8.27. The molecule has 0 unspecified atom stereocenters. The number of pyridine rings is 1. The maximum absolute atomic E-state index is 13.2. The summed E-state index contributed by atoms with van der Waals surface area (Å²) >= 11 is 3.46. The minimum Gasteiger partial charge on any atom is -0.297 e. The summed E-state index contributed by atoms with van der Waals surface area (Å²) in [7, 11) is 0. The van der Waals surface area contributed by atoms with E-state index >= 15 is 0 Å². The van der Waals surface area contributed by atoms with Gasteiger partial charge in [0.1, 0.15) is 5.82 Å². The lowest BCUT2D eigenvalue weighted by Crippen LogP contribution is -2.45. The van der Waals surface area contributed by atoms with Crippen LogP contribution in [0.25, 0.3) is 0 Å². The van der Waals surface area contributed by atoms with Gasteiger partial charge in [0.05, 0.1) is 0 Å². The van der Waals surface area contributed by atoms with E-state index in [0.29, 0.717) is 0 Å². The fraction of sp³-hybridized carbons (Fsp3) is 0.353. The molecule has 0 amide bonds. The molecule has 1 aromatic heterocycles. The van der Waals surface area contributed by atoms with Crippen molar-refractivity contribution in [3.05, 3.63) is 64.1 Å². The van der Waals surface area contributed by atoms with Crippen molar-refractivity contribution < 1.29 is 4.39 Å². The molecular formula is C17H19BrFN3. The number of benzene rings is 1. The van der Waals surface area contributed by atoms with Crippen molar-refractivity contribution in [2.75, 3.05) is 26.2 Å². The second-order valence-electron chi connectivity index (χ2n) is 5.69. The minimum atomic E-state index is -0.154. The van der Waals surface area contributed by atoms with Crippen molar-refractivity contribution in [2.45, 2.75) is 13.1 Å². The van der Waals surface area contributed by atoms with Gasteiger partial charge in [0.25, 0.3) is 0 Å². The summed E-state index contributed by atoms with van der Waals surface area (Å²) in [5.41, 5.74) is 2.28. The van der Waals surface area contributed by atoms with Gasteiger partial charge in [-0.3, -0.25) is 14.8 Å². The lowest BCUT2D eigenvalue weighted by molar-refractivity contribution is 0.122. The van der Waals surface area contributed by atoms with Crippen LogP contribution in [-0.4, -0.2) is 41.0 Å². The van der Waals surface area contributed by atoms with Crippen LogP contribution < -0.4 is 0 Å². The number of aromatic nitrogens is 1. The molecule has 0 spiro atoms. The highest BCUT2D eigenvalue weighted by molar-refractivity contribution is 9.10. The molecule has 0 N–H and O–H groups in total. The van der Waals surface area contributed by atoms with Crippen molar-refractivity contribution in [3.8, 4) is 0 Å². The Bertz CT molecular complexity index is 571. The number of piperazine rings is 1. The number of nitrogens with zero attached hydrogens (tertiary/aromatic N) is 3. The van der Waals surface area contributed by atoms with Gasteiger partial charge >= 0.3 is 0 Å². The average Bonchev–Trinajstić information content (AvgIpc) is 2.49. The highest BCUT2D eigenvalue weighted by atomic mass is 79.9. The van der Waals surface area contributed by atoms with Crippen LogP contribution in [0.4, 0.5) is 4.39 Å². The highest BCUT2D eigenvalue weighted by Gasteiger charge is 2.17. The monoisotopic (exact) mass is 363 g/mol. The molecule has 1 aliphatic rings. The van der Waals surface area contributed by atoms with E-state index in [9.17, 15) is 4.39 Å². The van der Waals surface area contributed by atoms with E-state index in [2.05, 4.69) is 36.8 Å². The van der Waals surface area contributed by atoms with Gasteiger partial charge in [0.15, 0.2) is 0 Å². The third-order valence-electron chi connectivity index (χ3n) is 3.93. The number of halogens is 2. The number of hydrogen-bond donors (Lipinski definition) is 0. The Kier molecular flexibility index (Phi) is 5.18. The first kappa shape index (κ1) is 15.6. The Hall–Kier alpha value is -1.30. The molecule has 2 heterocycles. The zero-order valence-corrected chi connectivity index (χ0v) is 14.0. The lowest BCUT2D eigenvalue weighted by Gasteiger charge is -2.34. The predicted octanol–water partition coefficient (Wildman–Crippen LogP) is 3.30. The zero-order chi connectivity index (χ0) is 15.4. The summed E-state index contributed by atoms with van der Waals surface area (Å²) in [6.07, 6.45) is 3.73. The predicted molar refractivity (Wildman–Crippen MR) is 88.9 cm³/mol. The smallest absolute Gasteiger partial charge is 0.123 e. The highest BCUT2D eigenvalue weighted by Crippen LogP contribution is 2.14. The van der Waals surface area contributed by atoms with E-state index in [1.165, 1.54) is 11.6 Å². The van der Waals surface area contributed by atoms with Crippen LogP contribution in [0.1, 0.15) is 11.1 Å². The van der Waals surface area contributed by atoms with Crippen molar-refractivity contribution >= 4 is 15.9 Å². The molecule has 0 radical (unpaired) electrons. The van der Waals surface area contributed by atoms with Gasteiger partial charge in [-0.15, -0.1) is 0 Å². The number of rotatable bonds is 4. The van der Waals surface area contributed by atoms with Crippen LogP contribution in [-0.2, 0) is 13.1 Å². The van der Waals surface area contributed by atoms with Gasteiger partial charge in [-0.2, -0.15) is 0 Å². The summed E-state index contributed by atoms with van der Waals surface area (Å²) in [5.74, 6) is -0.154. The Morgan fingerprint density at radius 3 is 2.27 bits per heavy atom. The molecule has 22 heavy (non-hydrogen) atoms. The van der Waals surface area contributed by atoms with Gasteiger partial charge in [-0.05, 0) is 45.3 Å². The Labute approximate surface area is 138 Å². The molecule has 3 nitrogen and oxygen atoms in total. The topological polar surface area (TPSA) is 19.4 Å². The van der Waals surface area contributed by atoms with Crippen molar-refractivity contribution in [2.24, 2.45) is 0 Å². The van der Waals surface area contributed by atoms with E-state index in [1.807, 2.05) is 12.3 Å². The normalized spacial score (nSPS) is 16.8. The zero-order valence-electron chi connectivity index (χ0n) is 12.4. The fourth-order valence-corrected chi connectivity index (χ4v) is 3.21. The first-order chi connectivity index (χ1) is 10.7. The average molecular weight is 364 g/mol. The molecule has 0 atom stereocenters. The molecule has 3 rings (SSSR count). The largest absolute Gasteiger partial charge is 0.297 e. The summed E-state index contributed by atoms with van der Waals surface area (Å²) in [4.78, 5) is 9.02. The van der Waals surface area contributed by atoms with Crippen LogP contribution in [0.5, 0.6) is 0 Å². The van der Waals surface area contributed by atoms with Crippen LogP contribution in [0, 0.1) is 5.82 Å². The Morgan fingerprint density at radius 1 is 0.955 bits per heavy atom. The van der Waals surface area contributed by atoms with Crippen LogP contribution in [0.2, 0.25) is 0 Å². The maximum atomic E-state index is 13.2. The third-order valence-corrected chi connectivity index (χ3v) is 4.36. The van der Waals surface area contributed by atoms with Crippen LogP contribution in [0.3, 0.4) is 0 Å². The van der Waals surface area contributed by atoms with Crippen molar-refractivity contribution in [1.29, 1.82) is 0 Å². The van der Waals surface area contributed by atoms with Crippen molar-refractivity contribution in [1.82, 2.24) is 14.8 Å². The van der Waals surface area contributed by atoms with Gasteiger partial charge in [0, 0.05) is 56.1 Å². The molecule has 2 aromatic rings. The van der Waals surface area contributed by atoms with Gasteiger partial charge in [0.2, 0.25) is 0 Å². The molecule has 0 aliphatic carbocycles. The summed E-state index contributed by atoms with van der Waals surface area (Å²) < 4.78 is 14.2. The Balaban J connectivity index is 1.50. The van der Waals surface area contributed by atoms with E-state index < -0.39 is 0 Å². The molecular weight excluding hydrogens is 345 g/mol. The lowest BCUT2D eigenvalue weighted by atomic mass is 10.2. The molecule has 1 aliphatic heterocycles. The summed E-state index contributed by atoms with van der Waals surface area (Å²) in [5, 5.41) is 0. The van der Waals surface area contributed by atoms with Gasteiger partial charge in [-0.25, -0.2) is 4.39 Å². The summed E-state index contributed by atoms with van der Waals surface area (Å²) in [6, 6.07) is 9.00. The van der Waals surface area contributed by atoms with E-state index in [1.54, 1.807) is 18.3 Å². The quantitative estimate of drug-likeness (QED) is 0.830. The third kappa shape index (κ3) is 4.35. The first-order valence-electron chi connectivity index (χ1n) is 7.47. The minimum absolute atomic E-state index is 0.154. The second-order valence-corrected chi connectivity index (χ2v) is 6.61. The standard InChI is InChI=1S/C17H19BrFN3/c18-16-8-15(10-20-11-16)13-22-6-4-21(5-7-22)12-14-2-1-3-17(19)9-14/h1-3,8-11H,4-7,12-13H2. The van der Waals surface area contributed by atoms with E-state index in [4.69, 9.17) is 0 Å². The molecule has 1 aromatic carbocycles.